The topological polar surface area (TPSA) is 71.4 Å². The molecule has 2 heterocycles. The predicted molar refractivity (Wildman–Crippen MR) is 98.8 cm³/mol. The predicted octanol–water partition coefficient (Wildman–Crippen LogP) is 3.27. The number of fused-ring (bicyclic) bond motifs is 1. The summed E-state index contributed by atoms with van der Waals surface area (Å²) in [5, 5.41) is -0.199. The number of anilines is 1. The zero-order valence-electron chi connectivity index (χ0n) is 15.8. The minimum Gasteiger partial charge on any atom is -0.480 e. The van der Waals surface area contributed by atoms with Crippen LogP contribution in [0.25, 0.3) is 0 Å². The van der Waals surface area contributed by atoms with E-state index in [2.05, 4.69) is 4.99 Å². The van der Waals surface area contributed by atoms with E-state index in [1.54, 1.807) is 13.8 Å². The Bertz CT molecular complexity index is 946. The molecule has 0 fully saturated rings. The first-order valence-corrected chi connectivity index (χ1v) is 9.13. The van der Waals surface area contributed by atoms with Crippen molar-refractivity contribution in [1.29, 1.82) is 0 Å². The Balaban J connectivity index is 1.94. The number of rotatable bonds is 5. The second-order valence-electron chi connectivity index (χ2n) is 6.60. The first kappa shape index (κ1) is 21.9. The van der Waals surface area contributed by atoms with Crippen molar-refractivity contribution in [2.45, 2.75) is 26.1 Å². The average molecular weight is 450 g/mol. The van der Waals surface area contributed by atoms with Gasteiger partial charge in [-0.25, -0.2) is 14.1 Å². The van der Waals surface area contributed by atoms with E-state index in [1.807, 2.05) is 0 Å². The van der Waals surface area contributed by atoms with Crippen molar-refractivity contribution in [2.24, 2.45) is 4.99 Å². The molecule has 1 amide bonds. The molecule has 0 N–H and O–H groups in total. The second kappa shape index (κ2) is 8.13. The van der Waals surface area contributed by atoms with Crippen LogP contribution >= 0.6 is 11.6 Å². The summed E-state index contributed by atoms with van der Waals surface area (Å²) in [5.41, 5.74) is -1.60. The van der Waals surface area contributed by atoms with Gasteiger partial charge < -0.3 is 14.4 Å². The number of esters is 1. The molecule has 2 aliphatic rings. The van der Waals surface area contributed by atoms with Gasteiger partial charge in [0.2, 0.25) is 5.96 Å². The van der Waals surface area contributed by atoms with E-state index in [-0.39, 0.29) is 35.9 Å². The van der Waals surface area contributed by atoms with E-state index < -0.39 is 41.9 Å². The zero-order valence-corrected chi connectivity index (χ0v) is 16.6. The summed E-state index contributed by atoms with van der Waals surface area (Å²) < 4.78 is 64.5. The summed E-state index contributed by atoms with van der Waals surface area (Å²) in [5.74, 6) is -3.34. The van der Waals surface area contributed by atoms with Crippen LogP contribution in [0.2, 0.25) is 5.02 Å². The highest BCUT2D eigenvalue weighted by atomic mass is 35.5. The Morgan fingerprint density at radius 2 is 2.03 bits per heavy atom. The van der Waals surface area contributed by atoms with Crippen molar-refractivity contribution in [1.82, 2.24) is 4.90 Å². The first-order valence-electron chi connectivity index (χ1n) is 8.75. The normalized spacial score (nSPS) is 16.5. The molecule has 30 heavy (non-hydrogen) atoms. The number of guanidine groups is 1. The molecule has 0 bridgehead atoms. The number of benzene rings is 1. The number of nitrogens with zero attached hydrogens (tertiary/aromatic N) is 3. The fourth-order valence-electron chi connectivity index (χ4n) is 2.91. The molecule has 0 spiro atoms. The molecular formula is C18H16ClF4N3O4. The Morgan fingerprint density at radius 3 is 2.67 bits per heavy atom. The van der Waals surface area contributed by atoms with Gasteiger partial charge in [-0.3, -0.25) is 9.79 Å². The van der Waals surface area contributed by atoms with Crippen LogP contribution in [0.5, 0.6) is 5.75 Å². The quantitative estimate of drug-likeness (QED) is 0.509. The minimum absolute atomic E-state index is 0.00780. The molecule has 0 aliphatic carbocycles. The first-order chi connectivity index (χ1) is 14.0. The summed E-state index contributed by atoms with van der Waals surface area (Å²) in [6, 6.07) is 1.85. The molecule has 162 valence electrons. The Kier molecular flexibility index (Phi) is 5.93. The highest BCUT2D eigenvalue weighted by Crippen LogP contribution is 2.38. The van der Waals surface area contributed by atoms with Crippen molar-refractivity contribution < 1.29 is 36.6 Å². The van der Waals surface area contributed by atoms with Crippen LogP contribution in [0, 0.1) is 5.82 Å². The molecule has 0 unspecified atom stereocenters. The van der Waals surface area contributed by atoms with E-state index in [0.717, 1.165) is 17.0 Å². The molecule has 3 rings (SSSR count). The monoisotopic (exact) mass is 449 g/mol. The SMILES string of the molecule is CC(C)OC(=O)COc1cc(N2C(=O)C=C(C(F)(F)F)N3CCN=C32)c(F)cc1Cl. The van der Waals surface area contributed by atoms with Crippen molar-refractivity contribution in [2.75, 3.05) is 24.6 Å². The number of hydrogen-bond donors (Lipinski definition) is 0. The summed E-state index contributed by atoms with van der Waals surface area (Å²) >= 11 is 5.94. The van der Waals surface area contributed by atoms with E-state index in [0.29, 0.717) is 11.0 Å². The lowest BCUT2D eigenvalue weighted by molar-refractivity contribution is -0.149. The van der Waals surface area contributed by atoms with E-state index >= 15 is 0 Å². The molecule has 7 nitrogen and oxygen atoms in total. The summed E-state index contributed by atoms with van der Waals surface area (Å²) in [4.78, 5) is 29.5. The molecular weight excluding hydrogens is 434 g/mol. The van der Waals surface area contributed by atoms with Crippen LogP contribution in [0.1, 0.15) is 13.8 Å². The number of aliphatic imine (C=N–C) groups is 1. The standard InChI is InChI=1S/C18H16ClF4N3O4/c1-9(2)30-16(28)8-29-13-6-12(11(20)5-10(13)19)26-15(27)7-14(18(21,22)23)25-4-3-24-17(25)26/h5-7,9H,3-4,8H2,1-2H3. The smallest absolute Gasteiger partial charge is 0.431 e. The van der Waals surface area contributed by atoms with Crippen molar-refractivity contribution in [3.05, 3.63) is 34.7 Å². The maximum atomic E-state index is 14.6. The molecule has 0 atom stereocenters. The number of carbonyl (C=O) groups is 2. The van der Waals surface area contributed by atoms with Gasteiger partial charge in [-0.15, -0.1) is 0 Å². The lowest BCUT2D eigenvalue weighted by Gasteiger charge is -2.35. The van der Waals surface area contributed by atoms with E-state index in [4.69, 9.17) is 21.1 Å². The van der Waals surface area contributed by atoms with Gasteiger partial charge in [0.25, 0.3) is 5.91 Å². The summed E-state index contributed by atoms with van der Waals surface area (Å²) in [7, 11) is 0. The number of halogens is 5. The summed E-state index contributed by atoms with van der Waals surface area (Å²) in [6.07, 6.45) is -4.79. The fourth-order valence-corrected chi connectivity index (χ4v) is 3.11. The molecule has 0 aromatic heterocycles. The van der Waals surface area contributed by atoms with Crippen molar-refractivity contribution in [3.8, 4) is 5.75 Å². The second-order valence-corrected chi connectivity index (χ2v) is 7.00. The van der Waals surface area contributed by atoms with Gasteiger partial charge >= 0.3 is 12.1 Å². The number of allylic oxidation sites excluding steroid dienone is 1. The molecule has 0 saturated carbocycles. The number of carbonyl (C=O) groups excluding carboxylic acids is 2. The number of hydrogen-bond acceptors (Lipinski definition) is 6. The minimum atomic E-state index is -4.78. The van der Waals surface area contributed by atoms with Gasteiger partial charge in [-0.1, -0.05) is 11.6 Å². The van der Waals surface area contributed by atoms with Crippen LogP contribution < -0.4 is 9.64 Å². The van der Waals surface area contributed by atoms with Gasteiger partial charge in [0, 0.05) is 18.7 Å². The van der Waals surface area contributed by atoms with E-state index in [1.165, 1.54) is 0 Å². The maximum Gasteiger partial charge on any atom is 0.431 e. The average Bonchev–Trinajstić information content (AvgIpc) is 3.09. The lowest BCUT2D eigenvalue weighted by Crippen LogP contribution is -2.51. The zero-order chi connectivity index (χ0) is 22.2. The molecule has 0 saturated heterocycles. The largest absolute Gasteiger partial charge is 0.480 e. The van der Waals surface area contributed by atoms with Gasteiger partial charge in [0.05, 0.1) is 23.4 Å². The molecule has 1 aromatic carbocycles. The highest BCUT2D eigenvalue weighted by molar-refractivity contribution is 6.32. The van der Waals surface area contributed by atoms with Crippen LogP contribution in [0.3, 0.4) is 0 Å². The molecule has 2 aliphatic heterocycles. The number of alkyl halides is 3. The number of ether oxygens (including phenoxy) is 2. The van der Waals surface area contributed by atoms with E-state index in [9.17, 15) is 27.2 Å². The Labute approximate surface area is 173 Å². The Morgan fingerprint density at radius 1 is 1.33 bits per heavy atom. The van der Waals surface area contributed by atoms with Crippen molar-refractivity contribution in [3.63, 3.8) is 0 Å². The number of amides is 1. The lowest BCUT2D eigenvalue weighted by atomic mass is 10.2. The highest BCUT2D eigenvalue weighted by Gasteiger charge is 2.47. The third kappa shape index (κ3) is 4.35. The molecule has 12 heteroatoms. The van der Waals surface area contributed by atoms with Crippen LogP contribution in [-0.2, 0) is 14.3 Å². The van der Waals surface area contributed by atoms with Crippen LogP contribution in [-0.4, -0.2) is 54.7 Å². The van der Waals surface area contributed by atoms with Gasteiger partial charge in [0.15, 0.2) is 6.61 Å². The molecule has 0 radical (unpaired) electrons. The van der Waals surface area contributed by atoms with Gasteiger partial charge in [-0.05, 0) is 19.9 Å². The van der Waals surface area contributed by atoms with Crippen LogP contribution in [0.15, 0.2) is 28.9 Å². The third-order valence-corrected chi connectivity index (χ3v) is 4.33. The fraction of sp³-hybridized carbons (Fsp3) is 0.389. The van der Waals surface area contributed by atoms with Crippen LogP contribution in [0.4, 0.5) is 23.2 Å². The third-order valence-electron chi connectivity index (χ3n) is 4.03. The summed E-state index contributed by atoms with van der Waals surface area (Å²) in [6.45, 7) is 2.61. The van der Waals surface area contributed by atoms with Gasteiger partial charge in [0.1, 0.15) is 17.3 Å². The molecule has 1 aromatic rings. The van der Waals surface area contributed by atoms with Gasteiger partial charge in [-0.2, -0.15) is 13.2 Å². The maximum absolute atomic E-state index is 14.6. The Hall–Kier alpha value is -2.82. The van der Waals surface area contributed by atoms with Crippen molar-refractivity contribution >= 4 is 35.1 Å².